The number of hydrogen-bond acceptors (Lipinski definition) is 4. The molecule has 26 heavy (non-hydrogen) atoms. The molecule has 2 amide bonds. The minimum atomic E-state index is -0.594. The maximum atomic E-state index is 13.3. The van der Waals surface area contributed by atoms with E-state index in [2.05, 4.69) is 10.0 Å². The molecule has 4 rings (SSSR count). The van der Waals surface area contributed by atoms with Crippen LogP contribution < -0.4 is 10.7 Å². The Morgan fingerprint density at radius 3 is 2.27 bits per heavy atom. The molecule has 0 saturated heterocycles. The molecule has 138 valence electrons. The highest BCUT2D eigenvalue weighted by Crippen LogP contribution is 2.35. The molecule has 6 nitrogen and oxygen atoms in total. The molecule has 0 radical (unpaired) electrons. The standard InChI is InChI=1S/C20H26N4O2/c21-19(25)18-13-17(22-24(18)16-9-5-2-6-10-16)20(26)23(15-11-12-15)14-7-3-1-4-8-14/h2,5-6,9-10,14-15,18H,1,3-4,7-8,11-13H2,(H2,21,25). The number of rotatable bonds is 5. The van der Waals surface area contributed by atoms with Gasteiger partial charge in [0.15, 0.2) is 0 Å². The van der Waals surface area contributed by atoms with Crippen LogP contribution in [-0.4, -0.2) is 40.6 Å². The number of amides is 2. The van der Waals surface area contributed by atoms with Crippen LogP contribution in [0.25, 0.3) is 0 Å². The highest BCUT2D eigenvalue weighted by molar-refractivity contribution is 6.40. The topological polar surface area (TPSA) is 79.0 Å². The number of benzene rings is 1. The fourth-order valence-electron chi connectivity index (χ4n) is 4.17. The molecule has 1 unspecified atom stereocenters. The molecule has 1 aromatic carbocycles. The highest BCUT2D eigenvalue weighted by atomic mass is 16.2. The summed E-state index contributed by atoms with van der Waals surface area (Å²) < 4.78 is 0. The Balaban J connectivity index is 1.59. The van der Waals surface area contributed by atoms with Crippen molar-refractivity contribution in [3.8, 4) is 0 Å². The van der Waals surface area contributed by atoms with E-state index >= 15 is 0 Å². The van der Waals surface area contributed by atoms with Crippen LogP contribution in [0.4, 0.5) is 5.69 Å². The van der Waals surface area contributed by atoms with Gasteiger partial charge in [0.2, 0.25) is 5.91 Å². The van der Waals surface area contributed by atoms with E-state index in [4.69, 9.17) is 5.73 Å². The number of hydrazone groups is 1. The Hall–Kier alpha value is -2.37. The molecule has 1 aliphatic heterocycles. The van der Waals surface area contributed by atoms with Crippen molar-refractivity contribution in [3.05, 3.63) is 30.3 Å². The predicted octanol–water partition coefficient (Wildman–Crippen LogP) is 2.43. The van der Waals surface area contributed by atoms with Crippen molar-refractivity contribution in [1.29, 1.82) is 0 Å². The third kappa shape index (κ3) is 3.32. The van der Waals surface area contributed by atoms with E-state index in [1.54, 1.807) is 5.01 Å². The van der Waals surface area contributed by atoms with E-state index in [0.717, 1.165) is 31.4 Å². The lowest BCUT2D eigenvalue weighted by Gasteiger charge is -2.34. The smallest absolute Gasteiger partial charge is 0.270 e. The van der Waals surface area contributed by atoms with Gasteiger partial charge in [-0.05, 0) is 37.8 Å². The van der Waals surface area contributed by atoms with Crippen molar-refractivity contribution in [3.63, 3.8) is 0 Å². The van der Waals surface area contributed by atoms with Crippen LogP contribution in [-0.2, 0) is 9.59 Å². The molecule has 3 aliphatic rings. The second-order valence-corrected chi connectivity index (χ2v) is 7.58. The summed E-state index contributed by atoms with van der Waals surface area (Å²) in [5, 5.41) is 6.16. The van der Waals surface area contributed by atoms with Gasteiger partial charge in [0, 0.05) is 18.5 Å². The Morgan fingerprint density at radius 2 is 1.65 bits per heavy atom. The van der Waals surface area contributed by atoms with Crippen molar-refractivity contribution >= 4 is 23.2 Å². The SMILES string of the molecule is NC(=O)C1CC(C(=O)N(C2CCCCC2)C2CC2)=NN1c1ccccc1. The molecule has 0 bridgehead atoms. The predicted molar refractivity (Wildman–Crippen MR) is 101 cm³/mol. The molecule has 0 aromatic heterocycles. The van der Waals surface area contributed by atoms with E-state index in [1.807, 2.05) is 30.3 Å². The van der Waals surface area contributed by atoms with Crippen molar-refractivity contribution in [1.82, 2.24) is 4.90 Å². The number of carbonyl (C=O) groups is 2. The van der Waals surface area contributed by atoms with Crippen molar-refractivity contribution in [2.45, 2.75) is 69.5 Å². The summed E-state index contributed by atoms with van der Waals surface area (Å²) in [4.78, 5) is 27.3. The molecule has 2 saturated carbocycles. The normalized spacial score (nSPS) is 23.6. The number of hydrogen-bond donors (Lipinski definition) is 1. The molecule has 2 N–H and O–H groups in total. The molecule has 1 atom stereocenters. The van der Waals surface area contributed by atoms with Crippen molar-refractivity contribution in [2.24, 2.45) is 10.8 Å². The molecular formula is C20H26N4O2. The first-order chi connectivity index (χ1) is 12.6. The second kappa shape index (κ2) is 7.09. The largest absolute Gasteiger partial charge is 0.368 e. The quantitative estimate of drug-likeness (QED) is 0.882. The van der Waals surface area contributed by atoms with E-state index < -0.39 is 11.9 Å². The minimum absolute atomic E-state index is 0.00378. The number of para-hydroxylation sites is 1. The first-order valence-electron chi connectivity index (χ1n) is 9.69. The van der Waals surface area contributed by atoms with Gasteiger partial charge in [-0.3, -0.25) is 14.6 Å². The summed E-state index contributed by atoms with van der Waals surface area (Å²) in [5.74, 6) is -0.444. The highest BCUT2D eigenvalue weighted by Gasteiger charge is 2.43. The molecule has 0 spiro atoms. The monoisotopic (exact) mass is 354 g/mol. The Bertz CT molecular complexity index is 708. The van der Waals surface area contributed by atoms with Crippen LogP contribution in [0.5, 0.6) is 0 Å². The summed E-state index contributed by atoms with van der Waals surface area (Å²) in [7, 11) is 0. The Morgan fingerprint density at radius 1 is 1.00 bits per heavy atom. The lowest BCUT2D eigenvalue weighted by atomic mass is 9.93. The molecular weight excluding hydrogens is 328 g/mol. The number of carbonyl (C=O) groups excluding carboxylic acids is 2. The summed E-state index contributed by atoms with van der Waals surface area (Å²) in [6.45, 7) is 0. The van der Waals surface area contributed by atoms with E-state index in [1.165, 1.54) is 19.3 Å². The number of primary amides is 1. The number of anilines is 1. The van der Waals surface area contributed by atoms with E-state index in [0.29, 0.717) is 24.2 Å². The summed E-state index contributed by atoms with van der Waals surface area (Å²) in [6.07, 6.45) is 8.25. The van der Waals surface area contributed by atoms with Gasteiger partial charge in [-0.2, -0.15) is 5.10 Å². The Kier molecular flexibility index (Phi) is 4.66. The summed E-state index contributed by atoms with van der Waals surface area (Å²) in [6, 6.07) is 9.54. The van der Waals surface area contributed by atoms with Gasteiger partial charge in [-0.15, -0.1) is 0 Å². The van der Waals surface area contributed by atoms with Crippen LogP contribution in [0.1, 0.15) is 51.4 Å². The lowest BCUT2D eigenvalue weighted by Crippen LogP contribution is -2.46. The van der Waals surface area contributed by atoms with Crippen LogP contribution in [0.15, 0.2) is 35.4 Å². The number of nitrogens with zero attached hydrogens (tertiary/aromatic N) is 3. The zero-order chi connectivity index (χ0) is 18.1. The third-order valence-corrected chi connectivity index (χ3v) is 5.65. The molecule has 2 aliphatic carbocycles. The van der Waals surface area contributed by atoms with E-state index in [-0.39, 0.29) is 5.91 Å². The number of nitrogens with two attached hydrogens (primary N) is 1. The van der Waals surface area contributed by atoms with Gasteiger partial charge >= 0.3 is 0 Å². The van der Waals surface area contributed by atoms with Gasteiger partial charge in [-0.25, -0.2) is 0 Å². The van der Waals surface area contributed by atoms with Gasteiger partial charge in [-0.1, -0.05) is 37.5 Å². The first-order valence-corrected chi connectivity index (χ1v) is 9.69. The molecule has 1 heterocycles. The average molecular weight is 354 g/mol. The maximum Gasteiger partial charge on any atom is 0.270 e. The van der Waals surface area contributed by atoms with Crippen LogP contribution in [0, 0.1) is 0 Å². The fraction of sp³-hybridized carbons (Fsp3) is 0.550. The minimum Gasteiger partial charge on any atom is -0.368 e. The van der Waals surface area contributed by atoms with Crippen LogP contribution >= 0.6 is 0 Å². The average Bonchev–Trinajstić information content (AvgIpc) is 3.39. The maximum absolute atomic E-state index is 13.3. The van der Waals surface area contributed by atoms with Crippen molar-refractivity contribution < 1.29 is 9.59 Å². The van der Waals surface area contributed by atoms with E-state index in [9.17, 15) is 9.59 Å². The molecule has 6 heteroatoms. The van der Waals surface area contributed by atoms with Crippen molar-refractivity contribution in [2.75, 3.05) is 5.01 Å². The Labute approximate surface area is 154 Å². The molecule has 2 fully saturated rings. The van der Waals surface area contributed by atoms with Gasteiger partial charge < -0.3 is 10.6 Å². The van der Waals surface area contributed by atoms with Gasteiger partial charge in [0.25, 0.3) is 5.91 Å². The lowest BCUT2D eigenvalue weighted by molar-refractivity contribution is -0.127. The summed E-state index contributed by atoms with van der Waals surface area (Å²) >= 11 is 0. The van der Waals surface area contributed by atoms with Gasteiger partial charge in [0.05, 0.1) is 5.69 Å². The van der Waals surface area contributed by atoms with Crippen LogP contribution in [0.3, 0.4) is 0 Å². The molecule has 1 aromatic rings. The second-order valence-electron chi connectivity index (χ2n) is 7.58. The summed E-state index contributed by atoms with van der Waals surface area (Å²) in [5.41, 5.74) is 6.85. The zero-order valence-electron chi connectivity index (χ0n) is 15.0. The third-order valence-electron chi connectivity index (χ3n) is 5.65. The first kappa shape index (κ1) is 17.1. The van der Waals surface area contributed by atoms with Crippen LogP contribution in [0.2, 0.25) is 0 Å². The van der Waals surface area contributed by atoms with Gasteiger partial charge in [0.1, 0.15) is 11.8 Å². The fourth-order valence-corrected chi connectivity index (χ4v) is 4.17. The zero-order valence-corrected chi connectivity index (χ0v) is 15.0.